The second-order valence-corrected chi connectivity index (χ2v) is 8.73. The van der Waals surface area contributed by atoms with Gasteiger partial charge in [-0.25, -0.2) is 13.4 Å². The maximum Gasteiger partial charge on any atom is 0.227 e. The number of nitrogens with zero attached hydrogens (tertiary/aromatic N) is 4. The fourth-order valence-corrected chi connectivity index (χ4v) is 5.04. The fraction of sp³-hybridized carbons (Fsp3) is 0.765. The van der Waals surface area contributed by atoms with Crippen molar-refractivity contribution < 1.29 is 8.42 Å². The van der Waals surface area contributed by atoms with Crippen LogP contribution in [0.15, 0.2) is 6.07 Å². The average Bonchev–Trinajstić information content (AvgIpc) is 2.87. The van der Waals surface area contributed by atoms with Crippen molar-refractivity contribution in [2.24, 2.45) is 0 Å². The Hall–Kier alpha value is -1.37. The molecule has 2 heterocycles. The first-order valence-electron chi connectivity index (χ1n) is 8.97. The lowest BCUT2D eigenvalue weighted by molar-refractivity contribution is 0.599. The molecule has 1 saturated heterocycles. The van der Waals surface area contributed by atoms with Gasteiger partial charge in [0.25, 0.3) is 0 Å². The summed E-state index contributed by atoms with van der Waals surface area (Å²) in [4.78, 5) is 13.7. The molecule has 1 fully saturated rings. The van der Waals surface area contributed by atoms with E-state index in [2.05, 4.69) is 35.6 Å². The van der Waals surface area contributed by atoms with Crippen LogP contribution in [0.1, 0.15) is 45.7 Å². The SMILES string of the molecule is CCCN(CCC)c1nc(C)cc(N(CC)C2CCS(=O)(=O)C2)n1. The first-order chi connectivity index (χ1) is 11.4. The topological polar surface area (TPSA) is 66.4 Å². The second kappa shape index (κ2) is 8.14. The summed E-state index contributed by atoms with van der Waals surface area (Å²) >= 11 is 0. The summed E-state index contributed by atoms with van der Waals surface area (Å²) < 4.78 is 23.7. The lowest BCUT2D eigenvalue weighted by atomic mass is 10.2. The zero-order valence-electron chi connectivity index (χ0n) is 15.3. The molecular formula is C17H30N4O2S. The Morgan fingerprint density at radius 1 is 1.17 bits per heavy atom. The standard InChI is InChI=1S/C17H30N4O2S/c1-5-9-20(10-6-2)17-18-14(4)12-16(19-17)21(7-3)15-8-11-24(22,23)13-15/h12,15H,5-11,13H2,1-4H3. The van der Waals surface area contributed by atoms with Crippen LogP contribution < -0.4 is 9.80 Å². The summed E-state index contributed by atoms with van der Waals surface area (Å²) in [5.74, 6) is 2.11. The number of hydrogen-bond donors (Lipinski definition) is 0. The molecule has 6 nitrogen and oxygen atoms in total. The molecule has 0 saturated carbocycles. The normalized spacial score (nSPS) is 19.4. The first kappa shape index (κ1) is 19.0. The minimum absolute atomic E-state index is 0.0213. The zero-order chi connectivity index (χ0) is 17.7. The Bertz CT molecular complexity index is 642. The van der Waals surface area contributed by atoms with Gasteiger partial charge in [-0.1, -0.05) is 13.8 Å². The van der Waals surface area contributed by atoms with Crippen LogP contribution in [0.2, 0.25) is 0 Å². The monoisotopic (exact) mass is 354 g/mol. The first-order valence-corrected chi connectivity index (χ1v) is 10.8. The van der Waals surface area contributed by atoms with E-state index in [4.69, 9.17) is 4.98 Å². The van der Waals surface area contributed by atoms with Gasteiger partial charge in [0.05, 0.1) is 11.5 Å². The van der Waals surface area contributed by atoms with Gasteiger partial charge in [0.15, 0.2) is 9.84 Å². The van der Waals surface area contributed by atoms with E-state index in [0.29, 0.717) is 6.42 Å². The van der Waals surface area contributed by atoms with Crippen LogP contribution in [-0.4, -0.2) is 55.6 Å². The molecule has 1 unspecified atom stereocenters. The average molecular weight is 355 g/mol. The molecule has 0 aliphatic carbocycles. The molecule has 0 aromatic carbocycles. The summed E-state index contributed by atoms with van der Waals surface area (Å²) in [6.45, 7) is 10.9. The maximum atomic E-state index is 11.8. The lowest BCUT2D eigenvalue weighted by Gasteiger charge is -2.30. The van der Waals surface area contributed by atoms with E-state index in [9.17, 15) is 8.42 Å². The van der Waals surface area contributed by atoms with Crippen LogP contribution >= 0.6 is 0 Å². The molecular weight excluding hydrogens is 324 g/mol. The third kappa shape index (κ3) is 4.59. The van der Waals surface area contributed by atoms with E-state index in [-0.39, 0.29) is 17.5 Å². The van der Waals surface area contributed by atoms with Crippen molar-refractivity contribution in [1.29, 1.82) is 0 Å². The molecule has 0 N–H and O–H groups in total. The molecule has 136 valence electrons. The van der Waals surface area contributed by atoms with E-state index in [1.54, 1.807) is 0 Å². The highest BCUT2D eigenvalue weighted by molar-refractivity contribution is 7.91. The van der Waals surface area contributed by atoms with Crippen molar-refractivity contribution >= 4 is 21.6 Å². The molecule has 0 bridgehead atoms. The Morgan fingerprint density at radius 3 is 2.33 bits per heavy atom. The van der Waals surface area contributed by atoms with Crippen molar-refractivity contribution in [3.05, 3.63) is 11.8 Å². The van der Waals surface area contributed by atoms with Gasteiger partial charge in [-0.3, -0.25) is 0 Å². The number of rotatable bonds is 8. The van der Waals surface area contributed by atoms with Gasteiger partial charge in [0.1, 0.15) is 5.82 Å². The van der Waals surface area contributed by atoms with E-state index >= 15 is 0 Å². The molecule has 2 rings (SSSR count). The highest BCUT2D eigenvalue weighted by Crippen LogP contribution is 2.25. The Kier molecular flexibility index (Phi) is 6.43. The predicted octanol–water partition coefficient (Wildman–Crippen LogP) is 2.42. The Morgan fingerprint density at radius 2 is 1.83 bits per heavy atom. The number of hydrogen-bond acceptors (Lipinski definition) is 6. The van der Waals surface area contributed by atoms with Gasteiger partial charge in [-0.2, -0.15) is 4.98 Å². The van der Waals surface area contributed by atoms with E-state index in [1.165, 1.54) is 0 Å². The molecule has 0 amide bonds. The van der Waals surface area contributed by atoms with Crippen molar-refractivity contribution in [2.45, 2.75) is 53.0 Å². The van der Waals surface area contributed by atoms with Crippen molar-refractivity contribution in [3.63, 3.8) is 0 Å². The summed E-state index contributed by atoms with van der Waals surface area (Å²) in [5.41, 5.74) is 0.923. The van der Waals surface area contributed by atoms with Gasteiger partial charge in [0, 0.05) is 37.4 Å². The summed E-state index contributed by atoms with van der Waals surface area (Å²) in [6, 6.07) is 1.99. The fourth-order valence-electron chi connectivity index (χ4n) is 3.31. The quantitative estimate of drug-likeness (QED) is 0.714. The molecule has 1 aromatic rings. The van der Waals surface area contributed by atoms with Crippen LogP contribution in [0.4, 0.5) is 11.8 Å². The van der Waals surface area contributed by atoms with E-state index in [0.717, 1.165) is 49.9 Å². The molecule has 7 heteroatoms. The summed E-state index contributed by atoms with van der Waals surface area (Å²) in [7, 11) is -2.91. The van der Waals surface area contributed by atoms with Crippen LogP contribution in [0.25, 0.3) is 0 Å². The number of anilines is 2. The molecule has 1 aliphatic rings. The molecule has 0 radical (unpaired) electrons. The Balaban J connectivity index is 2.31. The van der Waals surface area contributed by atoms with Gasteiger partial charge in [-0.05, 0) is 33.1 Å². The molecule has 0 spiro atoms. The van der Waals surface area contributed by atoms with Crippen molar-refractivity contribution in [1.82, 2.24) is 9.97 Å². The third-order valence-electron chi connectivity index (χ3n) is 4.38. The molecule has 24 heavy (non-hydrogen) atoms. The van der Waals surface area contributed by atoms with Gasteiger partial charge in [-0.15, -0.1) is 0 Å². The third-order valence-corrected chi connectivity index (χ3v) is 6.13. The number of aromatic nitrogens is 2. The van der Waals surface area contributed by atoms with Crippen molar-refractivity contribution in [3.8, 4) is 0 Å². The minimum atomic E-state index is -2.91. The van der Waals surface area contributed by atoms with Gasteiger partial charge >= 0.3 is 0 Å². The maximum absolute atomic E-state index is 11.8. The molecule has 1 aliphatic heterocycles. The van der Waals surface area contributed by atoms with Crippen LogP contribution in [0.3, 0.4) is 0 Å². The summed E-state index contributed by atoms with van der Waals surface area (Å²) in [6.07, 6.45) is 2.78. The predicted molar refractivity (Wildman–Crippen MR) is 99.6 cm³/mol. The van der Waals surface area contributed by atoms with Crippen LogP contribution in [0, 0.1) is 6.92 Å². The largest absolute Gasteiger partial charge is 0.353 e. The highest BCUT2D eigenvalue weighted by atomic mass is 32.2. The van der Waals surface area contributed by atoms with Gasteiger partial charge < -0.3 is 9.80 Å². The Labute approximate surface area is 146 Å². The minimum Gasteiger partial charge on any atom is -0.353 e. The van der Waals surface area contributed by atoms with Crippen LogP contribution in [-0.2, 0) is 9.84 Å². The smallest absolute Gasteiger partial charge is 0.227 e. The number of sulfone groups is 1. The van der Waals surface area contributed by atoms with Crippen LogP contribution in [0.5, 0.6) is 0 Å². The second-order valence-electron chi connectivity index (χ2n) is 6.50. The molecule has 1 aromatic heterocycles. The van der Waals surface area contributed by atoms with Gasteiger partial charge in [0.2, 0.25) is 5.95 Å². The zero-order valence-corrected chi connectivity index (χ0v) is 16.1. The summed E-state index contributed by atoms with van der Waals surface area (Å²) in [5, 5.41) is 0. The highest BCUT2D eigenvalue weighted by Gasteiger charge is 2.32. The lowest BCUT2D eigenvalue weighted by Crippen LogP contribution is -2.37. The molecule has 1 atom stereocenters. The van der Waals surface area contributed by atoms with Crippen molar-refractivity contribution in [2.75, 3.05) is 40.9 Å². The number of aryl methyl sites for hydroxylation is 1. The van der Waals surface area contributed by atoms with E-state index < -0.39 is 9.84 Å². The van der Waals surface area contributed by atoms with E-state index in [1.807, 2.05) is 13.0 Å².